The Hall–Kier alpha value is -3.66. The van der Waals surface area contributed by atoms with Crippen LogP contribution in [0.25, 0.3) is 0 Å². The SMILES string of the molecule is O=C(CN(Cc1ccc(C(=O)NC2CC2)cc1)Cc1ccco1)NN1C(=O)NC2(CCCCC2)C1=O. The van der Waals surface area contributed by atoms with E-state index in [9.17, 15) is 19.2 Å². The molecule has 3 N–H and O–H groups in total. The van der Waals surface area contributed by atoms with Gasteiger partial charge in [-0.1, -0.05) is 31.4 Å². The summed E-state index contributed by atoms with van der Waals surface area (Å²) in [4.78, 5) is 52.5. The minimum Gasteiger partial charge on any atom is -0.468 e. The van der Waals surface area contributed by atoms with Gasteiger partial charge in [0.1, 0.15) is 11.3 Å². The summed E-state index contributed by atoms with van der Waals surface area (Å²) in [6, 6.07) is 10.6. The Morgan fingerprint density at radius 2 is 1.81 bits per heavy atom. The maximum atomic E-state index is 13.0. The number of nitrogens with one attached hydrogen (secondary N) is 3. The van der Waals surface area contributed by atoms with Crippen LogP contribution in [0.3, 0.4) is 0 Å². The summed E-state index contributed by atoms with van der Waals surface area (Å²) >= 11 is 0. The van der Waals surface area contributed by atoms with E-state index in [1.54, 1.807) is 24.5 Å². The van der Waals surface area contributed by atoms with E-state index in [-0.39, 0.29) is 18.5 Å². The number of hydrogen-bond acceptors (Lipinski definition) is 6. The van der Waals surface area contributed by atoms with Gasteiger partial charge in [0.15, 0.2) is 0 Å². The lowest BCUT2D eigenvalue weighted by Crippen LogP contribution is -2.52. The van der Waals surface area contributed by atoms with Gasteiger partial charge < -0.3 is 15.1 Å². The Balaban J connectivity index is 1.23. The Morgan fingerprint density at radius 1 is 1.06 bits per heavy atom. The van der Waals surface area contributed by atoms with E-state index in [1.165, 1.54) is 0 Å². The molecule has 5 rings (SSSR count). The van der Waals surface area contributed by atoms with Crippen molar-refractivity contribution in [3.8, 4) is 0 Å². The third kappa shape index (κ3) is 5.43. The van der Waals surface area contributed by atoms with E-state index in [2.05, 4.69) is 16.1 Å². The zero-order valence-corrected chi connectivity index (χ0v) is 20.1. The highest BCUT2D eigenvalue weighted by Gasteiger charge is 2.52. The predicted octanol–water partition coefficient (Wildman–Crippen LogP) is 2.46. The lowest BCUT2D eigenvalue weighted by molar-refractivity contribution is -0.140. The minimum absolute atomic E-state index is 0.0608. The van der Waals surface area contributed by atoms with Crippen molar-refractivity contribution < 1.29 is 23.6 Å². The fourth-order valence-electron chi connectivity index (χ4n) is 4.89. The van der Waals surface area contributed by atoms with E-state index in [0.717, 1.165) is 42.7 Å². The molecule has 2 aliphatic carbocycles. The normalized spacial score (nSPS) is 19.0. The number of benzene rings is 1. The lowest BCUT2D eigenvalue weighted by Gasteiger charge is -2.30. The zero-order chi connectivity index (χ0) is 25.1. The molecule has 10 nitrogen and oxygen atoms in total. The summed E-state index contributed by atoms with van der Waals surface area (Å²) in [5.41, 5.74) is 3.11. The molecular weight excluding hydrogens is 462 g/mol. The number of nitrogens with zero attached hydrogens (tertiary/aromatic N) is 2. The van der Waals surface area contributed by atoms with Crippen LogP contribution >= 0.6 is 0 Å². The van der Waals surface area contributed by atoms with Crippen LogP contribution in [-0.4, -0.2) is 51.8 Å². The summed E-state index contributed by atoms with van der Waals surface area (Å²) in [5, 5.41) is 6.59. The molecule has 1 aliphatic heterocycles. The topological polar surface area (TPSA) is 124 Å². The fraction of sp³-hybridized carbons (Fsp3) is 0.462. The van der Waals surface area contributed by atoms with Crippen LogP contribution in [0.2, 0.25) is 0 Å². The molecule has 10 heteroatoms. The number of imide groups is 1. The van der Waals surface area contributed by atoms with Crippen molar-refractivity contribution >= 4 is 23.8 Å². The third-order valence-electron chi connectivity index (χ3n) is 6.97. The maximum Gasteiger partial charge on any atom is 0.344 e. The molecular formula is C26H31N5O5. The van der Waals surface area contributed by atoms with Crippen molar-refractivity contribution in [3.05, 3.63) is 59.5 Å². The third-order valence-corrected chi connectivity index (χ3v) is 6.97. The Labute approximate surface area is 209 Å². The molecule has 0 atom stereocenters. The molecule has 0 unspecified atom stereocenters. The number of carbonyl (C=O) groups excluding carboxylic acids is 4. The molecule has 0 bridgehead atoms. The highest BCUT2D eigenvalue weighted by Crippen LogP contribution is 2.33. The van der Waals surface area contributed by atoms with Crippen molar-refractivity contribution in [2.45, 2.75) is 69.6 Å². The molecule has 2 saturated carbocycles. The maximum absolute atomic E-state index is 13.0. The predicted molar refractivity (Wildman–Crippen MR) is 129 cm³/mol. The molecule has 5 amide bonds. The summed E-state index contributed by atoms with van der Waals surface area (Å²) in [6.07, 6.45) is 7.56. The number of hydrogen-bond donors (Lipinski definition) is 3. The summed E-state index contributed by atoms with van der Waals surface area (Å²) < 4.78 is 5.46. The number of furan rings is 1. The van der Waals surface area contributed by atoms with Gasteiger partial charge >= 0.3 is 6.03 Å². The van der Waals surface area contributed by atoms with Gasteiger partial charge in [0.2, 0.25) is 0 Å². The number of amides is 5. The van der Waals surface area contributed by atoms with Gasteiger partial charge in [0.25, 0.3) is 17.7 Å². The molecule has 1 saturated heterocycles. The molecule has 1 aromatic carbocycles. The van der Waals surface area contributed by atoms with E-state index in [1.807, 2.05) is 23.1 Å². The van der Waals surface area contributed by atoms with Gasteiger partial charge in [-0.05, 0) is 55.5 Å². The Bertz CT molecular complexity index is 1120. The van der Waals surface area contributed by atoms with Crippen molar-refractivity contribution in [2.75, 3.05) is 6.54 Å². The van der Waals surface area contributed by atoms with Gasteiger partial charge in [-0.3, -0.25) is 24.7 Å². The second kappa shape index (κ2) is 10.1. The van der Waals surface area contributed by atoms with Gasteiger partial charge in [-0.2, -0.15) is 5.01 Å². The first-order valence-corrected chi connectivity index (χ1v) is 12.5. The molecule has 0 radical (unpaired) electrons. The van der Waals surface area contributed by atoms with Crippen molar-refractivity contribution in [1.29, 1.82) is 0 Å². The van der Waals surface area contributed by atoms with Crippen LogP contribution in [-0.2, 0) is 22.7 Å². The Kier molecular flexibility index (Phi) is 6.77. The summed E-state index contributed by atoms with van der Waals surface area (Å²) in [6.45, 7) is 0.700. The molecule has 3 aliphatic rings. The van der Waals surface area contributed by atoms with E-state index in [4.69, 9.17) is 4.42 Å². The van der Waals surface area contributed by atoms with Crippen LogP contribution in [0.15, 0.2) is 47.1 Å². The zero-order valence-electron chi connectivity index (χ0n) is 20.1. The van der Waals surface area contributed by atoms with Gasteiger partial charge in [-0.15, -0.1) is 0 Å². The summed E-state index contributed by atoms with van der Waals surface area (Å²) in [7, 11) is 0. The summed E-state index contributed by atoms with van der Waals surface area (Å²) in [5.74, 6) is -0.268. The first kappa shape index (κ1) is 24.1. The Morgan fingerprint density at radius 3 is 2.47 bits per heavy atom. The molecule has 3 fully saturated rings. The number of urea groups is 1. The van der Waals surface area contributed by atoms with Crippen LogP contribution in [0, 0.1) is 0 Å². The molecule has 1 aromatic heterocycles. The largest absolute Gasteiger partial charge is 0.468 e. The molecule has 2 aromatic rings. The quantitative estimate of drug-likeness (QED) is 0.461. The van der Waals surface area contributed by atoms with Crippen LogP contribution in [0.5, 0.6) is 0 Å². The number of rotatable bonds is 9. The smallest absolute Gasteiger partial charge is 0.344 e. The fourth-order valence-corrected chi connectivity index (χ4v) is 4.89. The second-order valence-corrected chi connectivity index (χ2v) is 9.92. The van der Waals surface area contributed by atoms with Crippen molar-refractivity contribution in [1.82, 2.24) is 26.0 Å². The minimum atomic E-state index is -0.899. The lowest BCUT2D eigenvalue weighted by atomic mass is 9.82. The van der Waals surface area contributed by atoms with Gasteiger partial charge in [0, 0.05) is 18.2 Å². The van der Waals surface area contributed by atoms with E-state index < -0.39 is 23.4 Å². The highest BCUT2D eigenvalue weighted by atomic mass is 16.3. The van der Waals surface area contributed by atoms with Crippen LogP contribution in [0.4, 0.5) is 4.79 Å². The standard InChI is InChI=1S/C26H31N5O5/c32-22(29-31-24(34)26(28-25(31)35)12-2-1-3-13-26)17-30(16-21-5-4-14-36-21)15-18-6-8-19(9-7-18)23(33)27-20-10-11-20/h4-9,14,20H,1-3,10-13,15-17H2,(H,27,33)(H,28,35)(H,29,32). The highest BCUT2D eigenvalue weighted by molar-refractivity contribution is 6.08. The van der Waals surface area contributed by atoms with Crippen LogP contribution in [0.1, 0.15) is 66.6 Å². The first-order valence-electron chi connectivity index (χ1n) is 12.5. The molecule has 190 valence electrons. The van der Waals surface area contributed by atoms with Crippen molar-refractivity contribution in [3.63, 3.8) is 0 Å². The first-order chi connectivity index (χ1) is 17.4. The molecule has 36 heavy (non-hydrogen) atoms. The molecule has 1 spiro atoms. The average Bonchev–Trinajstić information content (AvgIpc) is 3.48. The van der Waals surface area contributed by atoms with Crippen molar-refractivity contribution in [2.24, 2.45) is 0 Å². The van der Waals surface area contributed by atoms with Gasteiger partial charge in [0.05, 0.1) is 19.4 Å². The van der Waals surface area contributed by atoms with E-state index in [0.29, 0.717) is 37.3 Å². The van der Waals surface area contributed by atoms with E-state index >= 15 is 0 Å². The van der Waals surface area contributed by atoms with Gasteiger partial charge in [-0.25, -0.2) is 4.79 Å². The number of carbonyl (C=O) groups is 4. The molecule has 2 heterocycles. The van der Waals surface area contributed by atoms with Crippen LogP contribution < -0.4 is 16.1 Å². The number of hydrazine groups is 1. The average molecular weight is 494 g/mol. The monoisotopic (exact) mass is 493 g/mol. The second-order valence-electron chi connectivity index (χ2n) is 9.92.